The maximum absolute atomic E-state index is 6.01. The molecule has 3 nitrogen and oxygen atoms in total. The van der Waals surface area contributed by atoms with E-state index < -0.39 is 0 Å². The molecule has 1 heterocycles. The maximum atomic E-state index is 6.01. The van der Waals surface area contributed by atoms with E-state index in [1.165, 1.54) is 0 Å². The monoisotopic (exact) mass is 278 g/mol. The molecule has 0 radical (unpaired) electrons. The predicted molar refractivity (Wildman–Crippen MR) is 78.1 cm³/mol. The molecule has 2 rings (SSSR count). The highest BCUT2D eigenvalue weighted by Crippen LogP contribution is 2.29. The van der Waals surface area contributed by atoms with E-state index >= 15 is 0 Å². The van der Waals surface area contributed by atoms with Gasteiger partial charge in [0.25, 0.3) is 0 Å². The molecule has 102 valence electrons. The molecule has 1 aromatic carbocycles. The Balaban J connectivity index is 2.30. The van der Waals surface area contributed by atoms with Crippen molar-refractivity contribution in [1.29, 1.82) is 0 Å². The Hall–Kier alpha value is -1.29. The van der Waals surface area contributed by atoms with E-state index in [0.29, 0.717) is 0 Å². The van der Waals surface area contributed by atoms with Crippen LogP contribution >= 0.6 is 11.6 Å². The summed E-state index contributed by atoms with van der Waals surface area (Å²) in [5.74, 6) is 7.57. The van der Waals surface area contributed by atoms with Crippen molar-refractivity contribution in [3.8, 4) is 0 Å². The Morgan fingerprint density at radius 1 is 1.26 bits per heavy atom. The largest absolute Gasteiger partial charge is 0.466 e. The second kappa shape index (κ2) is 5.78. The zero-order valence-corrected chi connectivity index (χ0v) is 12.2. The Morgan fingerprint density at radius 2 is 2.00 bits per heavy atom. The smallest absolute Gasteiger partial charge is 0.106 e. The first kappa shape index (κ1) is 14.1. The van der Waals surface area contributed by atoms with Crippen molar-refractivity contribution >= 4 is 11.6 Å². The third-order valence-electron chi connectivity index (χ3n) is 3.50. The van der Waals surface area contributed by atoms with E-state index in [4.69, 9.17) is 21.9 Å². The van der Waals surface area contributed by atoms with Crippen molar-refractivity contribution in [2.45, 2.75) is 33.2 Å². The quantitative estimate of drug-likeness (QED) is 0.664. The maximum Gasteiger partial charge on any atom is 0.106 e. The van der Waals surface area contributed by atoms with Crippen molar-refractivity contribution in [3.63, 3.8) is 0 Å². The van der Waals surface area contributed by atoms with Gasteiger partial charge in [-0.25, -0.2) is 0 Å². The Bertz CT molecular complexity index is 578. The fourth-order valence-electron chi connectivity index (χ4n) is 2.47. The van der Waals surface area contributed by atoms with Gasteiger partial charge in [-0.3, -0.25) is 11.3 Å². The van der Waals surface area contributed by atoms with Crippen molar-refractivity contribution in [1.82, 2.24) is 5.43 Å². The van der Waals surface area contributed by atoms with Crippen LogP contribution in [-0.2, 0) is 6.42 Å². The first-order chi connectivity index (χ1) is 9.02. The lowest BCUT2D eigenvalue weighted by Gasteiger charge is -2.17. The molecular weight excluding hydrogens is 260 g/mol. The number of benzene rings is 1. The van der Waals surface area contributed by atoms with Gasteiger partial charge in [-0.05, 0) is 50.5 Å². The van der Waals surface area contributed by atoms with Gasteiger partial charge in [-0.1, -0.05) is 23.7 Å². The van der Waals surface area contributed by atoms with Gasteiger partial charge in [0.1, 0.15) is 11.5 Å². The summed E-state index contributed by atoms with van der Waals surface area (Å²) in [5.41, 5.74) is 6.32. The molecule has 4 heteroatoms. The molecule has 19 heavy (non-hydrogen) atoms. The van der Waals surface area contributed by atoms with Gasteiger partial charge in [-0.15, -0.1) is 0 Å². The SMILES string of the molecule is Cc1oc(C)c(C(Cc2cccc(Cl)c2)NN)c1C. The van der Waals surface area contributed by atoms with E-state index in [1.54, 1.807) is 0 Å². The number of aryl methyl sites for hydroxylation is 2. The van der Waals surface area contributed by atoms with E-state index in [1.807, 2.05) is 38.1 Å². The summed E-state index contributed by atoms with van der Waals surface area (Å²) in [6, 6.07) is 7.85. The summed E-state index contributed by atoms with van der Waals surface area (Å²) in [5, 5.41) is 0.741. The summed E-state index contributed by atoms with van der Waals surface area (Å²) < 4.78 is 5.67. The highest BCUT2D eigenvalue weighted by Gasteiger charge is 2.20. The number of furan rings is 1. The number of rotatable bonds is 4. The third-order valence-corrected chi connectivity index (χ3v) is 3.73. The first-order valence-corrected chi connectivity index (χ1v) is 6.67. The van der Waals surface area contributed by atoms with Crippen molar-refractivity contribution in [2.24, 2.45) is 5.84 Å². The number of hydrogen-bond donors (Lipinski definition) is 2. The molecule has 0 amide bonds. The van der Waals surface area contributed by atoms with E-state index in [0.717, 1.165) is 39.7 Å². The van der Waals surface area contributed by atoms with Gasteiger partial charge in [0.15, 0.2) is 0 Å². The van der Waals surface area contributed by atoms with E-state index in [-0.39, 0.29) is 6.04 Å². The molecular formula is C15H19ClN2O. The number of nitrogens with two attached hydrogens (primary N) is 1. The fourth-order valence-corrected chi connectivity index (χ4v) is 2.68. The summed E-state index contributed by atoms with van der Waals surface area (Å²) in [7, 11) is 0. The highest BCUT2D eigenvalue weighted by molar-refractivity contribution is 6.30. The first-order valence-electron chi connectivity index (χ1n) is 6.30. The van der Waals surface area contributed by atoms with Crippen molar-refractivity contribution in [2.75, 3.05) is 0 Å². The average Bonchev–Trinajstić information content (AvgIpc) is 2.61. The second-order valence-electron chi connectivity index (χ2n) is 4.81. The Morgan fingerprint density at radius 3 is 2.53 bits per heavy atom. The molecule has 0 saturated carbocycles. The van der Waals surface area contributed by atoms with Crippen LogP contribution in [-0.4, -0.2) is 0 Å². The van der Waals surface area contributed by atoms with Gasteiger partial charge in [-0.2, -0.15) is 0 Å². The minimum Gasteiger partial charge on any atom is -0.466 e. The van der Waals surface area contributed by atoms with Gasteiger partial charge in [0.05, 0.1) is 6.04 Å². The highest BCUT2D eigenvalue weighted by atomic mass is 35.5. The second-order valence-corrected chi connectivity index (χ2v) is 5.24. The molecule has 0 aliphatic heterocycles. The average molecular weight is 279 g/mol. The van der Waals surface area contributed by atoms with Crippen LogP contribution in [0.25, 0.3) is 0 Å². The van der Waals surface area contributed by atoms with Crippen LogP contribution in [0, 0.1) is 20.8 Å². The molecule has 2 aromatic rings. The molecule has 0 aliphatic rings. The molecule has 1 aromatic heterocycles. The lowest BCUT2D eigenvalue weighted by Crippen LogP contribution is -2.30. The molecule has 0 bridgehead atoms. The number of hydrazine groups is 1. The van der Waals surface area contributed by atoms with Crippen molar-refractivity contribution in [3.05, 3.63) is 57.5 Å². The molecule has 1 atom stereocenters. The van der Waals surface area contributed by atoms with Gasteiger partial charge in [0, 0.05) is 10.6 Å². The zero-order chi connectivity index (χ0) is 14.0. The molecule has 0 saturated heterocycles. The lowest BCUT2D eigenvalue weighted by molar-refractivity contribution is 0.484. The summed E-state index contributed by atoms with van der Waals surface area (Å²) in [4.78, 5) is 0. The van der Waals surface area contributed by atoms with Crippen LogP contribution in [0.5, 0.6) is 0 Å². The van der Waals surface area contributed by atoms with E-state index in [2.05, 4.69) is 12.3 Å². The van der Waals surface area contributed by atoms with Crippen molar-refractivity contribution < 1.29 is 4.42 Å². The fraction of sp³-hybridized carbons (Fsp3) is 0.333. The lowest BCUT2D eigenvalue weighted by atomic mass is 9.96. The van der Waals surface area contributed by atoms with Crippen LogP contribution in [0.3, 0.4) is 0 Å². The number of nitrogens with one attached hydrogen (secondary N) is 1. The summed E-state index contributed by atoms with van der Waals surface area (Å²) in [6.45, 7) is 6.00. The minimum absolute atomic E-state index is 0.0240. The molecule has 1 unspecified atom stereocenters. The summed E-state index contributed by atoms with van der Waals surface area (Å²) >= 11 is 6.01. The van der Waals surface area contributed by atoms with E-state index in [9.17, 15) is 0 Å². The Labute approximate surface area is 118 Å². The number of hydrogen-bond acceptors (Lipinski definition) is 3. The topological polar surface area (TPSA) is 51.2 Å². The summed E-state index contributed by atoms with van der Waals surface area (Å²) in [6.07, 6.45) is 0.776. The van der Waals surface area contributed by atoms with Gasteiger partial charge in [0.2, 0.25) is 0 Å². The predicted octanol–water partition coefficient (Wildman–Crippen LogP) is 3.61. The van der Waals surface area contributed by atoms with Crippen LogP contribution in [0.2, 0.25) is 5.02 Å². The molecule has 0 aliphatic carbocycles. The van der Waals surface area contributed by atoms with Gasteiger partial charge >= 0.3 is 0 Å². The minimum atomic E-state index is 0.0240. The van der Waals surface area contributed by atoms with Crippen LogP contribution in [0.15, 0.2) is 28.7 Å². The van der Waals surface area contributed by atoms with Crippen LogP contribution < -0.4 is 11.3 Å². The Kier molecular flexibility index (Phi) is 4.30. The van der Waals surface area contributed by atoms with Crippen LogP contribution in [0.1, 0.15) is 34.3 Å². The van der Waals surface area contributed by atoms with Gasteiger partial charge < -0.3 is 4.42 Å². The molecule has 0 fully saturated rings. The standard InChI is InChI=1S/C15H19ClN2O/c1-9-10(2)19-11(3)15(9)14(18-17)8-12-5-4-6-13(16)7-12/h4-7,14,18H,8,17H2,1-3H3. The van der Waals surface area contributed by atoms with Crippen LogP contribution in [0.4, 0.5) is 0 Å². The molecule has 0 spiro atoms. The third kappa shape index (κ3) is 3.00. The molecule has 3 N–H and O–H groups in total. The normalized spacial score (nSPS) is 12.7. The zero-order valence-electron chi connectivity index (χ0n) is 11.5. The number of halogens is 1.